The molecule has 0 fully saturated rings. The standard InChI is InChI=1S/C17H18ClN3O2S/c18-10-6-8-11(9-7-10)20-17(23)21-16-14(15(19)22)12-4-2-1-3-5-13(12)24-16/h6-9H,1-5H2,(H2,19,22)(H2,20,21,23). The molecule has 0 atom stereocenters. The summed E-state index contributed by atoms with van der Waals surface area (Å²) in [5.41, 5.74) is 7.65. The molecular weight excluding hydrogens is 346 g/mol. The number of halogens is 1. The minimum absolute atomic E-state index is 0.406. The largest absolute Gasteiger partial charge is 0.365 e. The molecule has 1 aromatic carbocycles. The lowest BCUT2D eigenvalue weighted by atomic mass is 10.1. The summed E-state index contributed by atoms with van der Waals surface area (Å²) in [6.45, 7) is 0. The second-order valence-electron chi connectivity index (χ2n) is 5.72. The monoisotopic (exact) mass is 363 g/mol. The van der Waals surface area contributed by atoms with Crippen molar-refractivity contribution in [3.05, 3.63) is 45.3 Å². The molecule has 24 heavy (non-hydrogen) atoms. The van der Waals surface area contributed by atoms with Crippen LogP contribution in [-0.2, 0) is 12.8 Å². The first kappa shape index (κ1) is 16.8. The van der Waals surface area contributed by atoms with E-state index in [9.17, 15) is 9.59 Å². The number of carbonyl (C=O) groups excluding carboxylic acids is 2. The molecule has 0 radical (unpaired) electrons. The van der Waals surface area contributed by atoms with Crippen LogP contribution >= 0.6 is 22.9 Å². The molecule has 126 valence electrons. The number of amides is 3. The molecule has 5 nitrogen and oxygen atoms in total. The molecule has 7 heteroatoms. The minimum atomic E-state index is -0.490. The first-order valence-corrected chi connectivity index (χ1v) is 9.02. The van der Waals surface area contributed by atoms with Crippen LogP contribution in [-0.4, -0.2) is 11.9 Å². The van der Waals surface area contributed by atoms with Crippen molar-refractivity contribution in [2.45, 2.75) is 32.1 Å². The predicted molar refractivity (Wildman–Crippen MR) is 98.2 cm³/mol. The molecular formula is C17H18ClN3O2S. The summed E-state index contributed by atoms with van der Waals surface area (Å²) < 4.78 is 0. The Bertz CT molecular complexity index is 771. The Balaban J connectivity index is 1.80. The van der Waals surface area contributed by atoms with Crippen LogP contribution in [0.2, 0.25) is 5.02 Å². The third-order valence-corrected chi connectivity index (χ3v) is 5.46. The van der Waals surface area contributed by atoms with Crippen molar-refractivity contribution in [2.75, 3.05) is 10.6 Å². The van der Waals surface area contributed by atoms with Crippen molar-refractivity contribution in [1.29, 1.82) is 0 Å². The highest BCUT2D eigenvalue weighted by Crippen LogP contribution is 2.37. The fraction of sp³-hybridized carbons (Fsp3) is 0.294. The molecule has 0 bridgehead atoms. The number of urea groups is 1. The van der Waals surface area contributed by atoms with Gasteiger partial charge in [-0.3, -0.25) is 10.1 Å². The van der Waals surface area contributed by atoms with Gasteiger partial charge in [-0.2, -0.15) is 0 Å². The predicted octanol–water partition coefficient (Wildman–Crippen LogP) is 4.41. The molecule has 3 rings (SSSR count). The lowest BCUT2D eigenvalue weighted by Crippen LogP contribution is -2.22. The van der Waals surface area contributed by atoms with Crippen LogP contribution in [0.4, 0.5) is 15.5 Å². The summed E-state index contributed by atoms with van der Waals surface area (Å²) in [5.74, 6) is -0.490. The van der Waals surface area contributed by atoms with Crippen LogP contribution in [0.25, 0.3) is 0 Å². The number of aryl methyl sites for hydroxylation is 1. The van der Waals surface area contributed by atoms with Crippen LogP contribution in [0.1, 0.15) is 40.1 Å². The summed E-state index contributed by atoms with van der Waals surface area (Å²) in [4.78, 5) is 25.3. The van der Waals surface area contributed by atoms with Crippen molar-refractivity contribution in [1.82, 2.24) is 0 Å². The highest BCUT2D eigenvalue weighted by atomic mass is 35.5. The number of carbonyl (C=O) groups is 2. The molecule has 3 amide bonds. The Hall–Kier alpha value is -2.05. The maximum Gasteiger partial charge on any atom is 0.324 e. The van der Waals surface area contributed by atoms with Crippen LogP contribution in [0.5, 0.6) is 0 Å². The van der Waals surface area contributed by atoms with E-state index in [0.717, 1.165) is 42.5 Å². The topological polar surface area (TPSA) is 84.2 Å². The average molecular weight is 364 g/mol. The van der Waals surface area contributed by atoms with Gasteiger partial charge in [-0.05, 0) is 55.5 Å². The molecule has 2 aromatic rings. The fourth-order valence-corrected chi connectivity index (χ4v) is 4.31. The normalized spacial score (nSPS) is 13.7. The Morgan fingerprint density at radius 3 is 2.46 bits per heavy atom. The number of hydrogen-bond donors (Lipinski definition) is 3. The summed E-state index contributed by atoms with van der Waals surface area (Å²) in [6, 6.07) is 6.40. The molecule has 4 N–H and O–H groups in total. The van der Waals surface area contributed by atoms with Crippen LogP contribution < -0.4 is 16.4 Å². The van der Waals surface area contributed by atoms with Gasteiger partial charge in [0.1, 0.15) is 5.00 Å². The van der Waals surface area contributed by atoms with E-state index in [1.807, 2.05) is 0 Å². The van der Waals surface area contributed by atoms with E-state index in [1.54, 1.807) is 24.3 Å². The molecule has 1 aromatic heterocycles. The zero-order valence-corrected chi connectivity index (χ0v) is 14.6. The van der Waals surface area contributed by atoms with Gasteiger partial charge in [0.05, 0.1) is 5.56 Å². The summed E-state index contributed by atoms with van der Waals surface area (Å²) in [7, 11) is 0. The van der Waals surface area contributed by atoms with Gasteiger partial charge in [-0.15, -0.1) is 11.3 Å². The highest BCUT2D eigenvalue weighted by Gasteiger charge is 2.24. The van der Waals surface area contributed by atoms with Crippen LogP contribution in [0.15, 0.2) is 24.3 Å². The fourth-order valence-electron chi connectivity index (χ4n) is 2.89. The average Bonchev–Trinajstić information content (AvgIpc) is 2.71. The lowest BCUT2D eigenvalue weighted by Gasteiger charge is -2.08. The second-order valence-corrected chi connectivity index (χ2v) is 7.26. The van der Waals surface area contributed by atoms with Gasteiger partial charge in [0.15, 0.2) is 0 Å². The Morgan fingerprint density at radius 1 is 1.04 bits per heavy atom. The third kappa shape index (κ3) is 3.71. The third-order valence-electron chi connectivity index (χ3n) is 4.00. The number of nitrogens with two attached hydrogens (primary N) is 1. The molecule has 0 spiro atoms. The number of primary amides is 1. The van der Waals surface area contributed by atoms with E-state index in [4.69, 9.17) is 17.3 Å². The van der Waals surface area contributed by atoms with Gasteiger partial charge < -0.3 is 11.1 Å². The summed E-state index contributed by atoms with van der Waals surface area (Å²) >= 11 is 7.28. The summed E-state index contributed by atoms with van der Waals surface area (Å²) in [5, 5.41) is 6.61. The van der Waals surface area contributed by atoms with Gasteiger partial charge in [0, 0.05) is 15.6 Å². The molecule has 1 aliphatic carbocycles. The first-order valence-electron chi connectivity index (χ1n) is 7.82. The Morgan fingerprint density at radius 2 is 1.75 bits per heavy atom. The van der Waals surface area contributed by atoms with Gasteiger partial charge in [0.25, 0.3) is 5.91 Å². The van der Waals surface area contributed by atoms with Gasteiger partial charge in [0.2, 0.25) is 0 Å². The van der Waals surface area contributed by atoms with Crippen molar-refractivity contribution < 1.29 is 9.59 Å². The zero-order valence-electron chi connectivity index (χ0n) is 13.0. The molecule has 0 aliphatic heterocycles. The van der Waals surface area contributed by atoms with Crippen molar-refractivity contribution in [3.63, 3.8) is 0 Å². The van der Waals surface area contributed by atoms with Crippen molar-refractivity contribution >= 4 is 45.6 Å². The van der Waals surface area contributed by atoms with Crippen molar-refractivity contribution in [2.24, 2.45) is 5.73 Å². The quantitative estimate of drug-likeness (QED) is 0.705. The number of anilines is 2. The molecule has 1 heterocycles. The number of thiophene rings is 1. The summed E-state index contributed by atoms with van der Waals surface area (Å²) in [6.07, 6.45) is 5.06. The van der Waals surface area contributed by atoms with Crippen molar-refractivity contribution in [3.8, 4) is 0 Å². The molecule has 0 saturated carbocycles. The number of fused-ring (bicyclic) bond motifs is 1. The Labute approximate surface area is 149 Å². The zero-order chi connectivity index (χ0) is 17.1. The second kappa shape index (κ2) is 7.23. The number of hydrogen-bond acceptors (Lipinski definition) is 3. The van der Waals surface area contributed by atoms with E-state index in [1.165, 1.54) is 11.3 Å². The van der Waals surface area contributed by atoms with Crippen LogP contribution in [0.3, 0.4) is 0 Å². The first-order chi connectivity index (χ1) is 11.5. The van der Waals surface area contributed by atoms with Gasteiger partial charge in [-0.1, -0.05) is 18.0 Å². The van der Waals surface area contributed by atoms with E-state index >= 15 is 0 Å². The van der Waals surface area contributed by atoms with E-state index in [0.29, 0.717) is 21.3 Å². The van der Waals surface area contributed by atoms with Crippen LogP contribution in [0, 0.1) is 0 Å². The number of benzene rings is 1. The maximum absolute atomic E-state index is 12.2. The molecule has 1 aliphatic rings. The minimum Gasteiger partial charge on any atom is -0.365 e. The van der Waals surface area contributed by atoms with Gasteiger partial charge in [-0.25, -0.2) is 4.79 Å². The molecule has 0 saturated heterocycles. The SMILES string of the molecule is NC(=O)c1c(NC(=O)Nc2ccc(Cl)cc2)sc2c1CCCCC2. The van der Waals surface area contributed by atoms with E-state index in [-0.39, 0.29) is 0 Å². The number of nitrogens with one attached hydrogen (secondary N) is 2. The van der Waals surface area contributed by atoms with E-state index in [2.05, 4.69) is 10.6 Å². The molecule has 0 unspecified atom stereocenters. The highest BCUT2D eigenvalue weighted by molar-refractivity contribution is 7.17. The maximum atomic E-state index is 12.2. The van der Waals surface area contributed by atoms with Gasteiger partial charge >= 0.3 is 6.03 Å². The van der Waals surface area contributed by atoms with E-state index < -0.39 is 11.9 Å². The Kier molecular flexibility index (Phi) is 5.06. The smallest absolute Gasteiger partial charge is 0.324 e. The lowest BCUT2D eigenvalue weighted by molar-refractivity contribution is 0.100. The number of rotatable bonds is 3.